The van der Waals surface area contributed by atoms with E-state index < -0.39 is 5.92 Å². The van der Waals surface area contributed by atoms with Crippen molar-refractivity contribution in [1.82, 2.24) is 9.80 Å². The smallest absolute Gasteiger partial charge is 0.409 e. The average molecular weight is 472 g/mol. The van der Waals surface area contributed by atoms with Crippen LogP contribution in [0.3, 0.4) is 0 Å². The topological polar surface area (TPSA) is 79.0 Å². The standard InChI is InChI=1S/C28H29N3O4/c1-2-35-28(34)31-19-17-30(18-20-31)27(33)23-15-9-10-16-24(23)29-26(32)25(21-11-5-3-6-12-21)22-13-7-4-8-14-22/h3-16,25H,2,17-20H2,1H3,(H,29,32). The van der Waals surface area contributed by atoms with Crippen molar-refractivity contribution in [2.45, 2.75) is 12.8 Å². The number of hydrogen-bond donors (Lipinski definition) is 1. The molecule has 1 fully saturated rings. The van der Waals surface area contributed by atoms with Gasteiger partial charge >= 0.3 is 6.09 Å². The Morgan fingerprint density at radius 1 is 0.771 bits per heavy atom. The lowest BCUT2D eigenvalue weighted by Crippen LogP contribution is -2.50. The van der Waals surface area contributed by atoms with Crippen LogP contribution in [-0.2, 0) is 9.53 Å². The average Bonchev–Trinajstić information content (AvgIpc) is 2.90. The molecule has 4 rings (SSSR count). The van der Waals surface area contributed by atoms with E-state index in [-0.39, 0.29) is 17.9 Å². The third-order valence-corrected chi connectivity index (χ3v) is 6.04. The van der Waals surface area contributed by atoms with E-state index in [9.17, 15) is 14.4 Å². The SMILES string of the molecule is CCOC(=O)N1CCN(C(=O)c2ccccc2NC(=O)C(c2ccccc2)c2ccccc2)CC1. The second-order valence-electron chi connectivity index (χ2n) is 8.27. The van der Waals surface area contributed by atoms with Crippen LogP contribution in [-0.4, -0.2) is 60.5 Å². The molecule has 1 aliphatic rings. The van der Waals surface area contributed by atoms with Gasteiger partial charge in [0.1, 0.15) is 0 Å². The second kappa shape index (κ2) is 11.3. The second-order valence-corrected chi connectivity index (χ2v) is 8.27. The van der Waals surface area contributed by atoms with E-state index in [0.717, 1.165) is 11.1 Å². The Kier molecular flexibility index (Phi) is 7.77. The fraction of sp³-hybridized carbons (Fsp3) is 0.250. The van der Waals surface area contributed by atoms with E-state index in [4.69, 9.17) is 4.74 Å². The molecule has 7 nitrogen and oxygen atoms in total. The number of ether oxygens (including phenoxy) is 1. The number of nitrogens with one attached hydrogen (secondary N) is 1. The molecule has 0 atom stereocenters. The first-order valence-electron chi connectivity index (χ1n) is 11.8. The van der Waals surface area contributed by atoms with E-state index in [1.807, 2.05) is 60.7 Å². The predicted molar refractivity (Wildman–Crippen MR) is 134 cm³/mol. The van der Waals surface area contributed by atoms with Gasteiger partial charge in [-0.1, -0.05) is 72.8 Å². The predicted octanol–water partition coefficient (Wildman–Crippen LogP) is 4.37. The number of piperazine rings is 1. The molecular weight excluding hydrogens is 442 g/mol. The Bertz CT molecular complexity index is 1120. The number of anilines is 1. The fourth-order valence-corrected chi connectivity index (χ4v) is 4.25. The van der Waals surface area contributed by atoms with Crippen molar-refractivity contribution >= 4 is 23.6 Å². The van der Waals surface area contributed by atoms with Gasteiger partial charge in [0.15, 0.2) is 0 Å². The van der Waals surface area contributed by atoms with Gasteiger partial charge in [-0.05, 0) is 30.2 Å². The molecule has 1 heterocycles. The van der Waals surface area contributed by atoms with Crippen molar-refractivity contribution in [3.8, 4) is 0 Å². The number of amides is 3. The van der Waals surface area contributed by atoms with Gasteiger partial charge in [-0.3, -0.25) is 9.59 Å². The van der Waals surface area contributed by atoms with Gasteiger partial charge in [0.05, 0.1) is 23.8 Å². The zero-order valence-electron chi connectivity index (χ0n) is 19.7. The van der Waals surface area contributed by atoms with Crippen molar-refractivity contribution in [3.63, 3.8) is 0 Å². The number of carbonyl (C=O) groups is 3. The first kappa shape index (κ1) is 24.0. The van der Waals surface area contributed by atoms with Gasteiger partial charge in [-0.2, -0.15) is 0 Å². The summed E-state index contributed by atoms with van der Waals surface area (Å²) >= 11 is 0. The minimum absolute atomic E-state index is 0.180. The molecule has 0 unspecified atom stereocenters. The molecule has 0 radical (unpaired) electrons. The lowest BCUT2D eigenvalue weighted by atomic mass is 9.90. The molecule has 0 bridgehead atoms. The zero-order valence-corrected chi connectivity index (χ0v) is 19.7. The summed E-state index contributed by atoms with van der Waals surface area (Å²) in [5.74, 6) is -0.913. The largest absolute Gasteiger partial charge is 0.450 e. The van der Waals surface area contributed by atoms with Crippen LogP contribution in [0.1, 0.15) is 34.3 Å². The van der Waals surface area contributed by atoms with Gasteiger partial charge in [-0.25, -0.2) is 4.79 Å². The van der Waals surface area contributed by atoms with Crippen LogP contribution in [0.4, 0.5) is 10.5 Å². The van der Waals surface area contributed by atoms with Crippen molar-refractivity contribution < 1.29 is 19.1 Å². The molecule has 7 heteroatoms. The maximum atomic E-state index is 13.6. The molecule has 0 aliphatic carbocycles. The van der Waals surface area contributed by atoms with Crippen LogP contribution < -0.4 is 5.32 Å². The summed E-state index contributed by atoms with van der Waals surface area (Å²) in [4.78, 5) is 42.2. The third kappa shape index (κ3) is 5.69. The quantitative estimate of drug-likeness (QED) is 0.579. The normalized spacial score (nSPS) is 13.4. The molecule has 1 N–H and O–H groups in total. The number of nitrogens with zero attached hydrogens (tertiary/aromatic N) is 2. The summed E-state index contributed by atoms with van der Waals surface area (Å²) in [5, 5.41) is 3.00. The van der Waals surface area contributed by atoms with Crippen LogP contribution >= 0.6 is 0 Å². The van der Waals surface area contributed by atoms with Gasteiger partial charge in [0.2, 0.25) is 5.91 Å². The molecule has 0 aromatic heterocycles. The number of para-hydroxylation sites is 1. The van der Waals surface area contributed by atoms with Crippen LogP contribution in [0.15, 0.2) is 84.9 Å². The fourth-order valence-electron chi connectivity index (χ4n) is 4.25. The number of rotatable bonds is 6. The molecule has 0 saturated carbocycles. The van der Waals surface area contributed by atoms with Gasteiger partial charge in [-0.15, -0.1) is 0 Å². The van der Waals surface area contributed by atoms with Crippen LogP contribution in [0, 0.1) is 0 Å². The van der Waals surface area contributed by atoms with E-state index in [1.165, 1.54) is 0 Å². The first-order valence-corrected chi connectivity index (χ1v) is 11.8. The molecule has 1 saturated heterocycles. The van der Waals surface area contributed by atoms with Crippen LogP contribution in [0.2, 0.25) is 0 Å². The van der Waals surface area contributed by atoms with Crippen molar-refractivity contribution in [2.75, 3.05) is 38.1 Å². The Hall–Kier alpha value is -4.13. The monoisotopic (exact) mass is 471 g/mol. The Morgan fingerprint density at radius 2 is 1.29 bits per heavy atom. The maximum Gasteiger partial charge on any atom is 0.409 e. The van der Waals surface area contributed by atoms with E-state index in [2.05, 4.69) is 5.32 Å². The molecule has 3 aromatic carbocycles. The first-order chi connectivity index (χ1) is 17.1. The molecule has 3 amide bonds. The highest BCUT2D eigenvalue weighted by molar-refractivity contribution is 6.06. The maximum absolute atomic E-state index is 13.6. The molecule has 35 heavy (non-hydrogen) atoms. The summed E-state index contributed by atoms with van der Waals surface area (Å²) in [6, 6.07) is 26.2. The summed E-state index contributed by atoms with van der Waals surface area (Å²) in [5.41, 5.74) is 2.63. The number of carbonyl (C=O) groups excluding carboxylic acids is 3. The third-order valence-electron chi connectivity index (χ3n) is 6.04. The molecular formula is C28H29N3O4. The minimum atomic E-state index is -0.520. The number of benzene rings is 3. The van der Waals surface area contributed by atoms with Gasteiger partial charge < -0.3 is 19.9 Å². The Balaban J connectivity index is 1.52. The van der Waals surface area contributed by atoms with Gasteiger partial charge in [0.25, 0.3) is 5.91 Å². The van der Waals surface area contributed by atoms with E-state index >= 15 is 0 Å². The number of hydrogen-bond acceptors (Lipinski definition) is 4. The molecule has 180 valence electrons. The van der Waals surface area contributed by atoms with Gasteiger partial charge in [0, 0.05) is 26.2 Å². The van der Waals surface area contributed by atoms with E-state index in [0.29, 0.717) is 44.0 Å². The Morgan fingerprint density at radius 3 is 1.86 bits per heavy atom. The molecule has 0 spiro atoms. The lowest BCUT2D eigenvalue weighted by Gasteiger charge is -2.34. The van der Waals surface area contributed by atoms with Crippen molar-refractivity contribution in [1.29, 1.82) is 0 Å². The lowest BCUT2D eigenvalue weighted by molar-refractivity contribution is -0.116. The van der Waals surface area contributed by atoms with Crippen molar-refractivity contribution in [2.24, 2.45) is 0 Å². The highest BCUT2D eigenvalue weighted by Crippen LogP contribution is 2.27. The van der Waals surface area contributed by atoms with Crippen LogP contribution in [0.5, 0.6) is 0 Å². The summed E-state index contributed by atoms with van der Waals surface area (Å²) in [6.07, 6.45) is -0.361. The zero-order chi connectivity index (χ0) is 24.6. The van der Waals surface area contributed by atoms with E-state index in [1.54, 1.807) is 41.0 Å². The highest BCUT2D eigenvalue weighted by Gasteiger charge is 2.28. The van der Waals surface area contributed by atoms with Crippen molar-refractivity contribution in [3.05, 3.63) is 102 Å². The summed E-state index contributed by atoms with van der Waals surface area (Å²) in [6.45, 7) is 3.70. The summed E-state index contributed by atoms with van der Waals surface area (Å²) in [7, 11) is 0. The summed E-state index contributed by atoms with van der Waals surface area (Å²) < 4.78 is 5.06. The Labute approximate surface area is 205 Å². The minimum Gasteiger partial charge on any atom is -0.450 e. The molecule has 3 aromatic rings. The highest BCUT2D eigenvalue weighted by atomic mass is 16.6. The van der Waals surface area contributed by atoms with Crippen LogP contribution in [0.25, 0.3) is 0 Å². The molecule has 1 aliphatic heterocycles.